The maximum atomic E-state index is 13.0. The summed E-state index contributed by atoms with van der Waals surface area (Å²) >= 11 is 0. The van der Waals surface area contributed by atoms with Crippen molar-refractivity contribution in [1.82, 2.24) is 5.32 Å². The molecule has 9 heteroatoms. The first-order chi connectivity index (χ1) is 29.8. The molecular formula is C52H93NO8. The van der Waals surface area contributed by atoms with Crippen molar-refractivity contribution in [1.29, 1.82) is 0 Å². The molecule has 0 aromatic carbocycles. The highest BCUT2D eigenvalue weighted by Gasteiger charge is 2.44. The normalized spacial score (nSPS) is 20.9. The first-order valence-electron chi connectivity index (χ1n) is 25.0. The zero-order valence-corrected chi connectivity index (χ0v) is 38.9. The predicted molar refractivity (Wildman–Crippen MR) is 253 cm³/mol. The van der Waals surface area contributed by atoms with Gasteiger partial charge < -0.3 is 40.3 Å². The molecular weight excluding hydrogens is 767 g/mol. The van der Waals surface area contributed by atoms with Crippen molar-refractivity contribution in [3.8, 4) is 0 Å². The second-order valence-corrected chi connectivity index (χ2v) is 17.2. The molecule has 1 heterocycles. The average Bonchev–Trinajstić information content (AvgIpc) is 3.26. The van der Waals surface area contributed by atoms with E-state index in [9.17, 15) is 30.3 Å². The molecule has 0 radical (unpaired) electrons. The van der Waals surface area contributed by atoms with Gasteiger partial charge in [-0.2, -0.15) is 0 Å². The number of hydrogen-bond donors (Lipinski definition) is 6. The molecule has 7 atom stereocenters. The minimum atomic E-state index is -1.58. The van der Waals surface area contributed by atoms with Crippen molar-refractivity contribution in [2.75, 3.05) is 13.2 Å². The lowest BCUT2D eigenvalue weighted by Gasteiger charge is -2.40. The third-order valence-corrected chi connectivity index (χ3v) is 11.5. The van der Waals surface area contributed by atoms with E-state index < -0.39 is 49.5 Å². The lowest BCUT2D eigenvalue weighted by Crippen LogP contribution is -2.60. The first kappa shape index (κ1) is 56.9. The maximum Gasteiger partial charge on any atom is 0.220 e. The SMILES string of the molecule is CCCCC/C=C\C/C=C\CCCCCCCCCCCC(=O)NC(COC1OC(CO)C(O)C(O)C1O)C(O)/C=C/CC/C=C/CC/C=C/CCCCCCCCCCC. The van der Waals surface area contributed by atoms with E-state index in [-0.39, 0.29) is 12.5 Å². The van der Waals surface area contributed by atoms with Crippen molar-refractivity contribution in [2.24, 2.45) is 0 Å². The number of carbonyl (C=O) groups excluding carboxylic acids is 1. The maximum absolute atomic E-state index is 13.0. The summed E-state index contributed by atoms with van der Waals surface area (Å²) in [7, 11) is 0. The molecule has 1 rings (SSSR count). The molecule has 0 aromatic heterocycles. The molecule has 61 heavy (non-hydrogen) atoms. The average molecular weight is 860 g/mol. The highest BCUT2D eigenvalue weighted by molar-refractivity contribution is 5.76. The molecule has 0 aliphatic carbocycles. The van der Waals surface area contributed by atoms with Gasteiger partial charge in [0.15, 0.2) is 6.29 Å². The topological polar surface area (TPSA) is 149 Å². The van der Waals surface area contributed by atoms with Gasteiger partial charge in [0.1, 0.15) is 24.4 Å². The fourth-order valence-electron chi connectivity index (χ4n) is 7.51. The number of unbranched alkanes of at least 4 members (excludes halogenated alkanes) is 23. The van der Waals surface area contributed by atoms with Crippen LogP contribution in [0.3, 0.4) is 0 Å². The quantitative estimate of drug-likeness (QED) is 0.0263. The Hall–Kier alpha value is -2.11. The number of ether oxygens (including phenoxy) is 2. The monoisotopic (exact) mass is 860 g/mol. The number of aliphatic hydroxyl groups excluding tert-OH is 5. The second-order valence-electron chi connectivity index (χ2n) is 17.2. The predicted octanol–water partition coefficient (Wildman–Crippen LogP) is 11.2. The molecule has 7 unspecified atom stereocenters. The van der Waals surface area contributed by atoms with Gasteiger partial charge in [-0.15, -0.1) is 0 Å². The van der Waals surface area contributed by atoms with E-state index in [2.05, 4.69) is 67.8 Å². The molecule has 1 amide bonds. The first-order valence-corrected chi connectivity index (χ1v) is 25.0. The van der Waals surface area contributed by atoms with Gasteiger partial charge >= 0.3 is 0 Å². The zero-order valence-electron chi connectivity index (χ0n) is 38.9. The Morgan fingerprint density at radius 2 is 0.984 bits per heavy atom. The van der Waals surface area contributed by atoms with Gasteiger partial charge in [0.25, 0.3) is 0 Å². The summed E-state index contributed by atoms with van der Waals surface area (Å²) in [5, 5.41) is 54.3. The van der Waals surface area contributed by atoms with Crippen LogP contribution in [0, 0.1) is 0 Å². The Labute approximate surface area is 373 Å². The summed E-state index contributed by atoms with van der Waals surface area (Å²) in [6.07, 6.45) is 48.3. The Morgan fingerprint density at radius 1 is 0.557 bits per heavy atom. The third-order valence-electron chi connectivity index (χ3n) is 11.5. The lowest BCUT2D eigenvalue weighted by molar-refractivity contribution is -0.302. The van der Waals surface area contributed by atoms with Crippen molar-refractivity contribution >= 4 is 5.91 Å². The molecule has 1 aliphatic heterocycles. The number of amides is 1. The van der Waals surface area contributed by atoms with Gasteiger partial charge in [-0.25, -0.2) is 0 Å². The standard InChI is InChI=1S/C52H93NO8/c1-3-5-7-9-11-13-15-17-19-21-23-25-27-29-31-33-35-37-39-41-46(55)45(44-60-52-51(59)50(58)49(57)47(43-54)61-52)53-48(56)42-40-38-36-34-32-30-28-26-24-22-20-18-16-14-12-10-8-6-4-2/h12,14,18,20,23,25,31,33,39,41,45-47,49-52,54-55,57-59H,3-11,13,15-17,19,21-22,24,26-30,32,34-38,40,42-44H2,1-2H3,(H,53,56)/b14-12-,20-18-,25-23+,33-31+,41-39+. The van der Waals surface area contributed by atoms with E-state index in [0.717, 1.165) is 64.2 Å². The van der Waals surface area contributed by atoms with E-state index in [1.54, 1.807) is 6.08 Å². The Morgan fingerprint density at radius 3 is 1.51 bits per heavy atom. The number of nitrogens with one attached hydrogen (secondary N) is 1. The van der Waals surface area contributed by atoms with Crippen molar-refractivity contribution in [2.45, 2.75) is 249 Å². The van der Waals surface area contributed by atoms with Crippen molar-refractivity contribution in [3.05, 3.63) is 60.8 Å². The van der Waals surface area contributed by atoms with Crippen LogP contribution in [-0.4, -0.2) is 87.5 Å². The number of allylic oxidation sites excluding steroid dienone is 9. The molecule has 9 nitrogen and oxygen atoms in total. The van der Waals surface area contributed by atoms with Crippen LogP contribution in [0.1, 0.15) is 206 Å². The van der Waals surface area contributed by atoms with E-state index in [4.69, 9.17) is 9.47 Å². The fraction of sp³-hybridized carbons (Fsp3) is 0.788. The Balaban J connectivity index is 2.36. The summed E-state index contributed by atoms with van der Waals surface area (Å²) in [6, 6.07) is -0.832. The summed E-state index contributed by atoms with van der Waals surface area (Å²) in [4.78, 5) is 13.0. The number of aliphatic hydroxyl groups is 5. The van der Waals surface area contributed by atoms with Gasteiger partial charge in [-0.1, -0.05) is 184 Å². The van der Waals surface area contributed by atoms with E-state index >= 15 is 0 Å². The third kappa shape index (κ3) is 32.2. The van der Waals surface area contributed by atoms with Crippen molar-refractivity contribution in [3.63, 3.8) is 0 Å². The van der Waals surface area contributed by atoms with Crippen LogP contribution < -0.4 is 5.32 Å². The summed E-state index contributed by atoms with van der Waals surface area (Å²) < 4.78 is 11.2. The largest absolute Gasteiger partial charge is 0.394 e. The molecule has 0 bridgehead atoms. The van der Waals surface area contributed by atoms with E-state index in [0.29, 0.717) is 6.42 Å². The van der Waals surface area contributed by atoms with Crippen LogP contribution in [0.4, 0.5) is 0 Å². The highest BCUT2D eigenvalue weighted by Crippen LogP contribution is 2.22. The summed E-state index contributed by atoms with van der Waals surface area (Å²) in [5.74, 6) is -0.197. The van der Waals surface area contributed by atoms with E-state index in [1.807, 2.05) is 6.08 Å². The van der Waals surface area contributed by atoms with Gasteiger partial charge in [-0.05, 0) is 77.0 Å². The van der Waals surface area contributed by atoms with Crippen LogP contribution in [0.2, 0.25) is 0 Å². The molecule has 354 valence electrons. The van der Waals surface area contributed by atoms with E-state index in [1.165, 1.54) is 122 Å². The molecule has 6 N–H and O–H groups in total. The molecule has 1 aliphatic rings. The van der Waals surface area contributed by atoms with Crippen LogP contribution >= 0.6 is 0 Å². The van der Waals surface area contributed by atoms with Gasteiger partial charge in [0.05, 0.1) is 25.4 Å². The van der Waals surface area contributed by atoms with Crippen LogP contribution in [0.5, 0.6) is 0 Å². The lowest BCUT2D eigenvalue weighted by atomic mass is 9.99. The van der Waals surface area contributed by atoms with Gasteiger partial charge in [0.2, 0.25) is 5.91 Å². The number of hydrogen-bond acceptors (Lipinski definition) is 8. The minimum absolute atomic E-state index is 0.197. The summed E-state index contributed by atoms with van der Waals surface area (Å²) in [6.45, 7) is 3.72. The minimum Gasteiger partial charge on any atom is -0.394 e. The molecule has 0 spiro atoms. The fourth-order valence-corrected chi connectivity index (χ4v) is 7.51. The molecule has 0 aromatic rings. The van der Waals surface area contributed by atoms with Crippen molar-refractivity contribution < 1.29 is 39.8 Å². The van der Waals surface area contributed by atoms with Crippen LogP contribution in [0.15, 0.2) is 60.8 Å². The van der Waals surface area contributed by atoms with Crippen LogP contribution in [-0.2, 0) is 14.3 Å². The Kier molecular flexibility index (Phi) is 39.1. The van der Waals surface area contributed by atoms with Crippen LogP contribution in [0.25, 0.3) is 0 Å². The highest BCUT2D eigenvalue weighted by atomic mass is 16.7. The molecule has 1 saturated heterocycles. The number of carbonyl (C=O) groups is 1. The number of rotatable bonds is 41. The zero-order chi connectivity index (χ0) is 44.4. The molecule has 1 fully saturated rings. The Bertz CT molecular complexity index is 1140. The second kappa shape index (κ2) is 41.9. The summed E-state index contributed by atoms with van der Waals surface area (Å²) in [5.41, 5.74) is 0. The molecule has 0 saturated carbocycles. The van der Waals surface area contributed by atoms with Gasteiger partial charge in [0, 0.05) is 6.42 Å². The smallest absolute Gasteiger partial charge is 0.220 e. The van der Waals surface area contributed by atoms with Gasteiger partial charge in [-0.3, -0.25) is 4.79 Å².